The molecule has 0 radical (unpaired) electrons. The summed E-state index contributed by atoms with van der Waals surface area (Å²) in [6, 6.07) is 12.3. The standard InChI is InChI=1S/C17H28N2/c1-3-8-17(4-2)19-12-11-18-16(14-19)13-15-9-6-5-7-10-15/h5-7,9-10,16-18H,3-4,8,11-14H2,1-2H3. The summed E-state index contributed by atoms with van der Waals surface area (Å²) in [7, 11) is 0. The normalized spacial score (nSPS) is 22.3. The first-order valence-electron chi connectivity index (χ1n) is 7.84. The maximum absolute atomic E-state index is 3.68. The third-order valence-electron chi connectivity index (χ3n) is 4.22. The van der Waals surface area contributed by atoms with Crippen LogP contribution in [0.15, 0.2) is 30.3 Å². The Morgan fingerprint density at radius 3 is 2.74 bits per heavy atom. The highest BCUT2D eigenvalue weighted by atomic mass is 15.2. The molecule has 1 aliphatic heterocycles. The Kier molecular flexibility index (Phi) is 5.87. The maximum atomic E-state index is 3.68. The van der Waals surface area contributed by atoms with Crippen LogP contribution >= 0.6 is 0 Å². The van der Waals surface area contributed by atoms with Crippen LogP contribution in [0.25, 0.3) is 0 Å². The van der Waals surface area contributed by atoms with Gasteiger partial charge in [0, 0.05) is 31.7 Å². The Balaban J connectivity index is 1.89. The van der Waals surface area contributed by atoms with E-state index in [0.29, 0.717) is 6.04 Å². The summed E-state index contributed by atoms with van der Waals surface area (Å²) in [5, 5.41) is 3.68. The van der Waals surface area contributed by atoms with Crippen LogP contribution < -0.4 is 5.32 Å². The molecular weight excluding hydrogens is 232 g/mol. The number of nitrogens with one attached hydrogen (secondary N) is 1. The molecule has 19 heavy (non-hydrogen) atoms. The lowest BCUT2D eigenvalue weighted by atomic mass is 10.0. The summed E-state index contributed by atoms with van der Waals surface area (Å²) in [4.78, 5) is 2.70. The molecule has 0 bridgehead atoms. The quantitative estimate of drug-likeness (QED) is 0.845. The lowest BCUT2D eigenvalue weighted by molar-refractivity contribution is 0.132. The first-order valence-corrected chi connectivity index (χ1v) is 7.84. The fourth-order valence-electron chi connectivity index (χ4n) is 3.20. The summed E-state index contributed by atoms with van der Waals surface area (Å²) in [5.74, 6) is 0. The van der Waals surface area contributed by atoms with Crippen molar-refractivity contribution < 1.29 is 0 Å². The zero-order valence-electron chi connectivity index (χ0n) is 12.4. The van der Waals surface area contributed by atoms with Gasteiger partial charge in [-0.1, -0.05) is 50.6 Å². The van der Waals surface area contributed by atoms with Crippen molar-refractivity contribution in [2.24, 2.45) is 0 Å². The number of nitrogens with zero attached hydrogens (tertiary/aromatic N) is 1. The van der Waals surface area contributed by atoms with Crippen LogP contribution in [0.2, 0.25) is 0 Å². The maximum Gasteiger partial charge on any atom is 0.0236 e. The zero-order valence-corrected chi connectivity index (χ0v) is 12.4. The van der Waals surface area contributed by atoms with Crippen LogP contribution in [0.1, 0.15) is 38.7 Å². The molecule has 2 rings (SSSR count). The third kappa shape index (κ3) is 4.32. The molecule has 1 N–H and O–H groups in total. The highest BCUT2D eigenvalue weighted by Crippen LogP contribution is 2.15. The molecule has 0 spiro atoms. The van der Waals surface area contributed by atoms with Gasteiger partial charge in [-0.3, -0.25) is 4.90 Å². The monoisotopic (exact) mass is 260 g/mol. The van der Waals surface area contributed by atoms with Gasteiger partial charge in [0.15, 0.2) is 0 Å². The predicted molar refractivity (Wildman–Crippen MR) is 82.5 cm³/mol. The van der Waals surface area contributed by atoms with E-state index in [9.17, 15) is 0 Å². The van der Waals surface area contributed by atoms with Gasteiger partial charge in [0.25, 0.3) is 0 Å². The summed E-state index contributed by atoms with van der Waals surface area (Å²) in [6.07, 6.45) is 5.08. The van der Waals surface area contributed by atoms with Crippen molar-refractivity contribution in [2.45, 2.75) is 51.6 Å². The van der Waals surface area contributed by atoms with E-state index in [-0.39, 0.29) is 0 Å². The van der Waals surface area contributed by atoms with Crippen LogP contribution in [0, 0.1) is 0 Å². The summed E-state index contributed by atoms with van der Waals surface area (Å²) in [6.45, 7) is 8.18. The van der Waals surface area contributed by atoms with E-state index in [1.807, 2.05) is 0 Å². The van der Waals surface area contributed by atoms with Crippen LogP contribution in [0.4, 0.5) is 0 Å². The minimum Gasteiger partial charge on any atom is -0.311 e. The Hall–Kier alpha value is -0.860. The molecule has 2 atom stereocenters. The molecule has 0 aromatic heterocycles. The predicted octanol–water partition coefficient (Wildman–Crippen LogP) is 3.08. The lowest BCUT2D eigenvalue weighted by Crippen LogP contribution is -2.54. The average Bonchev–Trinajstić information content (AvgIpc) is 2.46. The van der Waals surface area contributed by atoms with Gasteiger partial charge in [-0.25, -0.2) is 0 Å². The molecule has 1 aromatic rings. The van der Waals surface area contributed by atoms with Gasteiger partial charge in [0.05, 0.1) is 0 Å². The molecule has 1 saturated heterocycles. The van der Waals surface area contributed by atoms with Crippen LogP contribution in [-0.2, 0) is 6.42 Å². The van der Waals surface area contributed by atoms with Gasteiger partial charge >= 0.3 is 0 Å². The molecule has 2 unspecified atom stereocenters. The van der Waals surface area contributed by atoms with Gasteiger partial charge in [0.1, 0.15) is 0 Å². The van der Waals surface area contributed by atoms with Gasteiger partial charge in [-0.05, 0) is 24.8 Å². The number of benzene rings is 1. The number of rotatable bonds is 6. The zero-order chi connectivity index (χ0) is 13.5. The molecule has 1 aromatic carbocycles. The first-order chi connectivity index (χ1) is 9.33. The number of piperazine rings is 1. The van der Waals surface area contributed by atoms with E-state index in [2.05, 4.69) is 54.4 Å². The molecule has 0 amide bonds. The van der Waals surface area contributed by atoms with E-state index in [1.54, 1.807) is 0 Å². The fourth-order valence-corrected chi connectivity index (χ4v) is 3.20. The van der Waals surface area contributed by atoms with E-state index in [0.717, 1.165) is 19.0 Å². The van der Waals surface area contributed by atoms with Gasteiger partial charge in [-0.15, -0.1) is 0 Å². The van der Waals surface area contributed by atoms with Crippen LogP contribution in [0.3, 0.4) is 0 Å². The second-order valence-electron chi connectivity index (χ2n) is 5.69. The third-order valence-corrected chi connectivity index (χ3v) is 4.22. The van der Waals surface area contributed by atoms with Crippen molar-refractivity contribution >= 4 is 0 Å². The van der Waals surface area contributed by atoms with Crippen LogP contribution in [-0.4, -0.2) is 36.6 Å². The van der Waals surface area contributed by atoms with E-state index >= 15 is 0 Å². The Morgan fingerprint density at radius 1 is 1.26 bits per heavy atom. The molecule has 0 aliphatic carbocycles. The van der Waals surface area contributed by atoms with Gasteiger partial charge < -0.3 is 5.32 Å². The largest absolute Gasteiger partial charge is 0.311 e. The first kappa shape index (κ1) is 14.5. The molecule has 0 saturated carbocycles. The van der Waals surface area contributed by atoms with E-state index in [4.69, 9.17) is 0 Å². The highest BCUT2D eigenvalue weighted by Gasteiger charge is 2.23. The van der Waals surface area contributed by atoms with Crippen molar-refractivity contribution in [1.82, 2.24) is 10.2 Å². The smallest absolute Gasteiger partial charge is 0.0236 e. The highest BCUT2D eigenvalue weighted by molar-refractivity contribution is 5.16. The van der Waals surface area contributed by atoms with Gasteiger partial charge in [0.2, 0.25) is 0 Å². The van der Waals surface area contributed by atoms with E-state index < -0.39 is 0 Å². The van der Waals surface area contributed by atoms with Gasteiger partial charge in [-0.2, -0.15) is 0 Å². The summed E-state index contributed by atoms with van der Waals surface area (Å²) < 4.78 is 0. The van der Waals surface area contributed by atoms with Crippen molar-refractivity contribution in [1.29, 1.82) is 0 Å². The Morgan fingerprint density at radius 2 is 2.05 bits per heavy atom. The van der Waals surface area contributed by atoms with Crippen molar-refractivity contribution in [3.05, 3.63) is 35.9 Å². The van der Waals surface area contributed by atoms with Crippen molar-refractivity contribution in [3.8, 4) is 0 Å². The van der Waals surface area contributed by atoms with Crippen LogP contribution in [0.5, 0.6) is 0 Å². The molecule has 106 valence electrons. The Bertz CT molecular complexity index is 350. The molecule has 2 nitrogen and oxygen atoms in total. The van der Waals surface area contributed by atoms with Crippen molar-refractivity contribution in [3.63, 3.8) is 0 Å². The molecule has 1 fully saturated rings. The Labute approximate surface area is 118 Å². The molecule has 2 heteroatoms. The molecule has 1 heterocycles. The molecular formula is C17H28N2. The second kappa shape index (κ2) is 7.66. The summed E-state index contributed by atoms with van der Waals surface area (Å²) in [5.41, 5.74) is 1.45. The minimum absolute atomic E-state index is 0.613. The lowest BCUT2D eigenvalue weighted by Gasteiger charge is -2.38. The summed E-state index contributed by atoms with van der Waals surface area (Å²) >= 11 is 0. The fraction of sp³-hybridized carbons (Fsp3) is 0.647. The topological polar surface area (TPSA) is 15.3 Å². The number of hydrogen-bond acceptors (Lipinski definition) is 2. The molecule has 1 aliphatic rings. The average molecular weight is 260 g/mol. The minimum atomic E-state index is 0.613. The van der Waals surface area contributed by atoms with E-state index in [1.165, 1.54) is 37.9 Å². The second-order valence-corrected chi connectivity index (χ2v) is 5.69. The SMILES string of the molecule is CCCC(CC)N1CCNC(Cc2ccccc2)C1. The van der Waals surface area contributed by atoms with Crippen molar-refractivity contribution in [2.75, 3.05) is 19.6 Å². The number of hydrogen-bond donors (Lipinski definition) is 1.